The van der Waals surface area contributed by atoms with Crippen LogP contribution in [-0.4, -0.2) is 34.8 Å². The zero-order chi connectivity index (χ0) is 19.2. The molecule has 27 heavy (non-hydrogen) atoms. The molecule has 0 aliphatic heterocycles. The molecule has 2 heterocycles. The van der Waals surface area contributed by atoms with Crippen molar-refractivity contribution >= 4 is 21.0 Å². The summed E-state index contributed by atoms with van der Waals surface area (Å²) in [7, 11) is -3.56. The van der Waals surface area contributed by atoms with Crippen LogP contribution in [0.25, 0.3) is 33.4 Å². The number of nitrogens with zero attached hydrogens (tertiary/aromatic N) is 3. The molecular weight excluding hydrogens is 374 g/mol. The van der Waals surface area contributed by atoms with Gasteiger partial charge in [-0.05, 0) is 29.8 Å². The predicted molar refractivity (Wildman–Crippen MR) is 95.6 cm³/mol. The van der Waals surface area contributed by atoms with Crippen molar-refractivity contribution in [2.24, 2.45) is 0 Å². The Morgan fingerprint density at radius 3 is 2.52 bits per heavy atom. The third-order valence-electron chi connectivity index (χ3n) is 4.16. The monoisotopic (exact) mass is 386 g/mol. The van der Waals surface area contributed by atoms with Crippen LogP contribution in [0.4, 0.5) is 8.78 Å². The van der Waals surface area contributed by atoms with E-state index in [1.54, 1.807) is 6.07 Å². The van der Waals surface area contributed by atoms with Gasteiger partial charge in [0, 0.05) is 22.9 Å². The van der Waals surface area contributed by atoms with Crippen LogP contribution in [0.15, 0.2) is 53.8 Å². The van der Waals surface area contributed by atoms with E-state index in [0.717, 1.165) is 12.3 Å². The number of hydrogen-bond acceptors (Lipinski definition) is 5. The second-order valence-corrected chi connectivity index (χ2v) is 7.98. The third kappa shape index (κ3) is 3.06. The molecule has 9 heteroatoms. The maximum Gasteiger partial charge on any atom is 0.200 e. The van der Waals surface area contributed by atoms with Crippen molar-refractivity contribution in [2.75, 3.05) is 6.26 Å². The van der Waals surface area contributed by atoms with Crippen molar-refractivity contribution in [3.05, 3.63) is 60.6 Å². The number of sulfone groups is 1. The van der Waals surface area contributed by atoms with Gasteiger partial charge in [0.05, 0.1) is 22.9 Å². The van der Waals surface area contributed by atoms with Gasteiger partial charge < -0.3 is 4.98 Å². The van der Waals surface area contributed by atoms with E-state index in [9.17, 15) is 17.2 Å². The van der Waals surface area contributed by atoms with Gasteiger partial charge in [0.15, 0.2) is 15.5 Å². The molecule has 2 aromatic heterocycles. The van der Waals surface area contributed by atoms with Crippen LogP contribution in [0.2, 0.25) is 0 Å². The first-order valence-corrected chi connectivity index (χ1v) is 9.68. The second kappa shape index (κ2) is 6.20. The number of aromatic nitrogens is 4. The molecule has 0 saturated heterocycles. The summed E-state index contributed by atoms with van der Waals surface area (Å²) >= 11 is 0. The molecule has 0 aliphatic rings. The highest BCUT2D eigenvalue weighted by atomic mass is 32.2. The van der Waals surface area contributed by atoms with E-state index in [-0.39, 0.29) is 16.0 Å². The van der Waals surface area contributed by atoms with Gasteiger partial charge in [-0.25, -0.2) is 22.2 Å². The Labute approximate surface area is 152 Å². The zero-order valence-corrected chi connectivity index (χ0v) is 14.8. The standard InChI is InChI=1S/C18H12F2N4O2S/c1-27(25,26)11-3-4-12(16(20)7-11)13-6-10(2-5-15(13)19)14-8-23-24-18-17(14)21-9-22-18/h2-9H,1H3,(H,21,22,24). The van der Waals surface area contributed by atoms with E-state index in [2.05, 4.69) is 20.2 Å². The molecule has 0 amide bonds. The normalized spacial score (nSPS) is 11.8. The first-order valence-electron chi connectivity index (χ1n) is 7.79. The third-order valence-corrected chi connectivity index (χ3v) is 5.27. The molecule has 0 bridgehead atoms. The number of fused-ring (bicyclic) bond motifs is 1. The summed E-state index contributed by atoms with van der Waals surface area (Å²) in [6.45, 7) is 0. The van der Waals surface area contributed by atoms with Crippen molar-refractivity contribution < 1.29 is 17.2 Å². The second-order valence-electron chi connectivity index (χ2n) is 5.97. The molecule has 2 aromatic carbocycles. The molecule has 0 spiro atoms. The zero-order valence-electron chi connectivity index (χ0n) is 13.9. The van der Waals surface area contributed by atoms with Gasteiger partial charge in [0.25, 0.3) is 0 Å². The molecule has 1 N–H and O–H groups in total. The van der Waals surface area contributed by atoms with Crippen LogP contribution in [0, 0.1) is 11.6 Å². The van der Waals surface area contributed by atoms with Crippen molar-refractivity contribution in [2.45, 2.75) is 4.90 Å². The number of nitrogens with one attached hydrogen (secondary N) is 1. The van der Waals surface area contributed by atoms with Crippen LogP contribution in [0.3, 0.4) is 0 Å². The fraction of sp³-hybridized carbons (Fsp3) is 0.0556. The van der Waals surface area contributed by atoms with Crippen LogP contribution in [0.5, 0.6) is 0 Å². The Kier molecular flexibility index (Phi) is 3.96. The van der Waals surface area contributed by atoms with Gasteiger partial charge in [0.2, 0.25) is 0 Å². The number of H-pyrrole nitrogens is 1. The van der Waals surface area contributed by atoms with Gasteiger partial charge in [0.1, 0.15) is 11.6 Å². The lowest BCUT2D eigenvalue weighted by atomic mass is 9.98. The maximum absolute atomic E-state index is 14.5. The first-order chi connectivity index (χ1) is 12.8. The fourth-order valence-electron chi connectivity index (χ4n) is 2.83. The molecule has 4 aromatic rings. The van der Waals surface area contributed by atoms with Gasteiger partial charge in [-0.3, -0.25) is 0 Å². The molecule has 136 valence electrons. The summed E-state index contributed by atoms with van der Waals surface area (Å²) in [5.41, 5.74) is 2.21. The molecule has 6 nitrogen and oxygen atoms in total. The van der Waals surface area contributed by atoms with Crippen molar-refractivity contribution in [1.29, 1.82) is 0 Å². The maximum atomic E-state index is 14.5. The number of hydrogen-bond donors (Lipinski definition) is 1. The molecule has 0 saturated carbocycles. The Bertz CT molecular complexity index is 1290. The van der Waals surface area contributed by atoms with E-state index in [0.29, 0.717) is 22.3 Å². The quantitative estimate of drug-likeness (QED) is 0.583. The molecule has 0 aliphatic carbocycles. The van der Waals surface area contributed by atoms with Gasteiger partial charge >= 0.3 is 0 Å². The van der Waals surface area contributed by atoms with Gasteiger partial charge in [-0.1, -0.05) is 12.1 Å². The number of halogens is 2. The van der Waals surface area contributed by atoms with E-state index in [4.69, 9.17) is 0 Å². The lowest BCUT2D eigenvalue weighted by Gasteiger charge is -2.10. The highest BCUT2D eigenvalue weighted by Crippen LogP contribution is 2.33. The Morgan fingerprint density at radius 1 is 0.963 bits per heavy atom. The molecule has 0 atom stereocenters. The Morgan fingerprint density at radius 2 is 1.78 bits per heavy atom. The lowest BCUT2D eigenvalue weighted by Crippen LogP contribution is -1.99. The summed E-state index contributed by atoms with van der Waals surface area (Å²) in [6, 6.07) is 7.63. The van der Waals surface area contributed by atoms with E-state index < -0.39 is 21.5 Å². The minimum Gasteiger partial charge on any atom is -0.343 e. The van der Waals surface area contributed by atoms with E-state index in [1.165, 1.54) is 36.8 Å². The Hall–Kier alpha value is -3.20. The van der Waals surface area contributed by atoms with E-state index in [1.807, 2.05) is 0 Å². The summed E-state index contributed by atoms with van der Waals surface area (Å²) in [4.78, 5) is 6.81. The van der Waals surface area contributed by atoms with Crippen LogP contribution < -0.4 is 0 Å². The smallest absolute Gasteiger partial charge is 0.200 e. The average molecular weight is 386 g/mol. The summed E-state index contributed by atoms with van der Waals surface area (Å²) in [6.07, 6.45) is 3.95. The highest BCUT2D eigenvalue weighted by Gasteiger charge is 2.16. The van der Waals surface area contributed by atoms with Crippen molar-refractivity contribution in [3.8, 4) is 22.3 Å². The number of aromatic amines is 1. The van der Waals surface area contributed by atoms with Crippen LogP contribution in [-0.2, 0) is 9.84 Å². The molecule has 0 fully saturated rings. The van der Waals surface area contributed by atoms with Gasteiger partial charge in [-0.15, -0.1) is 5.10 Å². The minimum atomic E-state index is -3.56. The lowest BCUT2D eigenvalue weighted by molar-refractivity contribution is 0.595. The molecule has 0 radical (unpaired) electrons. The minimum absolute atomic E-state index is 0.00882. The van der Waals surface area contributed by atoms with Crippen molar-refractivity contribution in [3.63, 3.8) is 0 Å². The molecule has 0 unspecified atom stereocenters. The van der Waals surface area contributed by atoms with Gasteiger partial charge in [-0.2, -0.15) is 5.10 Å². The number of rotatable bonds is 3. The Balaban J connectivity index is 1.88. The fourth-order valence-corrected chi connectivity index (χ4v) is 3.46. The van der Waals surface area contributed by atoms with Crippen LogP contribution in [0.1, 0.15) is 0 Å². The summed E-state index contributed by atoms with van der Waals surface area (Å²) in [5, 5.41) is 7.76. The average Bonchev–Trinajstić information content (AvgIpc) is 3.10. The molecular formula is C18H12F2N4O2S. The molecule has 4 rings (SSSR count). The number of imidazole rings is 1. The first kappa shape index (κ1) is 17.2. The number of benzene rings is 2. The summed E-state index contributed by atoms with van der Waals surface area (Å²) in [5.74, 6) is -1.46. The topological polar surface area (TPSA) is 88.6 Å². The SMILES string of the molecule is CS(=O)(=O)c1ccc(-c2cc(-c3cnnc4nc[nH]c34)ccc2F)c(F)c1. The predicted octanol–water partition coefficient (Wildman–Crippen LogP) is 3.37. The van der Waals surface area contributed by atoms with Crippen LogP contribution >= 0.6 is 0 Å². The summed E-state index contributed by atoms with van der Waals surface area (Å²) < 4.78 is 52.1. The highest BCUT2D eigenvalue weighted by molar-refractivity contribution is 7.90. The van der Waals surface area contributed by atoms with E-state index >= 15 is 0 Å². The largest absolute Gasteiger partial charge is 0.343 e. The van der Waals surface area contributed by atoms with Crippen molar-refractivity contribution in [1.82, 2.24) is 20.2 Å².